The van der Waals surface area contributed by atoms with Crippen molar-refractivity contribution in [3.05, 3.63) is 82.5 Å². The smallest absolute Gasteiger partial charge is 0.270 e. The Morgan fingerprint density at radius 2 is 1.82 bits per heavy atom. The Labute approximate surface area is 167 Å². The van der Waals surface area contributed by atoms with E-state index in [1.165, 1.54) is 22.9 Å². The normalized spacial score (nSPS) is 10.6. The van der Waals surface area contributed by atoms with Crippen molar-refractivity contribution >= 4 is 23.2 Å². The van der Waals surface area contributed by atoms with Gasteiger partial charge in [-0.05, 0) is 30.7 Å². The third-order valence-electron chi connectivity index (χ3n) is 3.88. The number of nitrogens with zero attached hydrogens (tertiary/aromatic N) is 5. The number of nitriles is 1. The molecule has 0 spiro atoms. The quantitative estimate of drug-likeness (QED) is 0.679. The molecule has 0 aliphatic carbocycles. The van der Waals surface area contributed by atoms with Gasteiger partial charge in [0.1, 0.15) is 6.07 Å². The van der Waals surface area contributed by atoms with Gasteiger partial charge in [0.05, 0.1) is 11.4 Å². The molecule has 2 aromatic heterocycles. The van der Waals surface area contributed by atoms with Gasteiger partial charge >= 0.3 is 5.69 Å². The number of hydrogen-bond acceptors (Lipinski definition) is 6. The molecule has 0 fully saturated rings. The van der Waals surface area contributed by atoms with Crippen molar-refractivity contribution in [1.82, 2.24) is 24.5 Å². The molecule has 142 valence electrons. The fourth-order valence-electron chi connectivity index (χ4n) is 2.52. The summed E-state index contributed by atoms with van der Waals surface area (Å²) in [4.78, 5) is 37.2. The third-order valence-corrected chi connectivity index (χ3v) is 4.56. The summed E-state index contributed by atoms with van der Waals surface area (Å²) in [5.41, 5.74) is -1.08. The van der Waals surface area contributed by atoms with Crippen molar-refractivity contribution in [3.63, 3.8) is 0 Å². The van der Waals surface area contributed by atoms with Crippen molar-refractivity contribution in [2.45, 2.75) is 19.9 Å². The molecule has 11 heteroatoms. The summed E-state index contributed by atoms with van der Waals surface area (Å²) in [5, 5.41) is 17.4. The predicted molar refractivity (Wildman–Crippen MR) is 102 cm³/mol. The van der Waals surface area contributed by atoms with Crippen LogP contribution in [0.1, 0.15) is 23.9 Å². The van der Waals surface area contributed by atoms with Gasteiger partial charge in [0.15, 0.2) is 0 Å². The minimum absolute atomic E-state index is 0.183. The third kappa shape index (κ3) is 3.74. The molecule has 0 bridgehead atoms. The van der Waals surface area contributed by atoms with Crippen molar-refractivity contribution in [3.8, 4) is 11.8 Å². The minimum atomic E-state index is -0.880. The van der Waals surface area contributed by atoms with Gasteiger partial charge in [0.2, 0.25) is 5.69 Å². The number of H-pyrrole nitrogens is 1. The molecule has 0 atom stereocenters. The van der Waals surface area contributed by atoms with E-state index in [2.05, 4.69) is 10.2 Å². The standard InChI is InChI=1S/C17H12Cl2N6O3/c1-2-24-15(26)4-3-9(22-24)5-11-12(18)6-10(7-13(11)19)25-17(28)21-16(27)14(8-20)23-25/h3-4,6-7H,2,5H2,1H3,(H,21,27,28). The summed E-state index contributed by atoms with van der Waals surface area (Å²) in [6, 6.07) is 7.48. The molecular weight excluding hydrogens is 407 g/mol. The Morgan fingerprint density at radius 3 is 2.43 bits per heavy atom. The molecule has 0 amide bonds. The van der Waals surface area contributed by atoms with E-state index < -0.39 is 16.9 Å². The minimum Gasteiger partial charge on any atom is -0.270 e. The largest absolute Gasteiger partial charge is 0.349 e. The van der Waals surface area contributed by atoms with E-state index in [0.29, 0.717) is 17.8 Å². The lowest BCUT2D eigenvalue weighted by Crippen LogP contribution is -2.33. The van der Waals surface area contributed by atoms with Crippen LogP contribution in [0.3, 0.4) is 0 Å². The van der Waals surface area contributed by atoms with E-state index in [-0.39, 0.29) is 27.7 Å². The van der Waals surface area contributed by atoms with E-state index in [4.69, 9.17) is 28.5 Å². The lowest BCUT2D eigenvalue weighted by molar-refractivity contribution is 0.601. The fraction of sp³-hybridized carbons (Fsp3) is 0.176. The number of nitrogens with one attached hydrogen (secondary N) is 1. The number of aromatic amines is 1. The van der Waals surface area contributed by atoms with Crippen LogP contribution in [0.15, 0.2) is 38.6 Å². The van der Waals surface area contributed by atoms with Gasteiger partial charge in [0, 0.05) is 29.1 Å². The van der Waals surface area contributed by atoms with E-state index >= 15 is 0 Å². The fourth-order valence-corrected chi connectivity index (χ4v) is 3.13. The van der Waals surface area contributed by atoms with Crippen LogP contribution in [0.4, 0.5) is 0 Å². The maximum atomic E-state index is 12.0. The van der Waals surface area contributed by atoms with Crippen LogP contribution in [0.5, 0.6) is 0 Å². The highest BCUT2D eigenvalue weighted by Crippen LogP contribution is 2.29. The van der Waals surface area contributed by atoms with Gasteiger partial charge in [-0.2, -0.15) is 15.0 Å². The maximum Gasteiger partial charge on any atom is 0.349 e. The average Bonchev–Trinajstić information content (AvgIpc) is 2.66. The first kappa shape index (κ1) is 19.5. The summed E-state index contributed by atoms with van der Waals surface area (Å²) < 4.78 is 2.15. The molecule has 9 nitrogen and oxygen atoms in total. The second kappa shape index (κ2) is 7.80. The summed E-state index contributed by atoms with van der Waals surface area (Å²) in [5.74, 6) is 0. The molecule has 0 saturated carbocycles. The molecule has 1 N–H and O–H groups in total. The van der Waals surface area contributed by atoms with Crippen molar-refractivity contribution < 1.29 is 0 Å². The highest BCUT2D eigenvalue weighted by molar-refractivity contribution is 6.36. The first-order chi connectivity index (χ1) is 13.3. The Bertz CT molecular complexity index is 1260. The maximum absolute atomic E-state index is 12.0. The summed E-state index contributed by atoms with van der Waals surface area (Å²) in [6.07, 6.45) is 0.260. The monoisotopic (exact) mass is 418 g/mol. The van der Waals surface area contributed by atoms with E-state index in [1.54, 1.807) is 19.1 Å². The highest BCUT2D eigenvalue weighted by Gasteiger charge is 2.14. The molecule has 0 radical (unpaired) electrons. The van der Waals surface area contributed by atoms with Crippen LogP contribution in [-0.2, 0) is 13.0 Å². The molecule has 3 rings (SSSR count). The summed E-state index contributed by atoms with van der Waals surface area (Å²) in [7, 11) is 0. The number of rotatable bonds is 4. The zero-order valence-electron chi connectivity index (χ0n) is 14.4. The molecular formula is C17H12Cl2N6O3. The Hall–Kier alpha value is -3.22. The summed E-state index contributed by atoms with van der Waals surface area (Å²) in [6.45, 7) is 2.23. The van der Waals surface area contributed by atoms with Gasteiger partial charge in [-0.25, -0.2) is 9.48 Å². The van der Waals surface area contributed by atoms with Crippen LogP contribution < -0.4 is 16.8 Å². The van der Waals surface area contributed by atoms with Crippen LogP contribution >= 0.6 is 23.2 Å². The van der Waals surface area contributed by atoms with Gasteiger partial charge in [-0.1, -0.05) is 23.2 Å². The first-order valence-electron chi connectivity index (χ1n) is 8.03. The van der Waals surface area contributed by atoms with Crippen molar-refractivity contribution in [2.75, 3.05) is 0 Å². The van der Waals surface area contributed by atoms with E-state index in [0.717, 1.165) is 4.68 Å². The van der Waals surface area contributed by atoms with Crippen LogP contribution in [-0.4, -0.2) is 24.5 Å². The van der Waals surface area contributed by atoms with Crippen molar-refractivity contribution in [2.24, 2.45) is 0 Å². The zero-order valence-corrected chi connectivity index (χ0v) is 16.0. The van der Waals surface area contributed by atoms with Crippen LogP contribution in [0, 0.1) is 11.3 Å². The Kier molecular flexibility index (Phi) is 5.44. The van der Waals surface area contributed by atoms with Crippen LogP contribution in [0.2, 0.25) is 10.0 Å². The second-order valence-corrected chi connectivity index (χ2v) is 6.49. The molecule has 0 aliphatic rings. The number of halogens is 2. The lowest BCUT2D eigenvalue weighted by atomic mass is 10.1. The van der Waals surface area contributed by atoms with Gasteiger partial charge in [-0.15, -0.1) is 5.10 Å². The van der Waals surface area contributed by atoms with Gasteiger partial charge in [-0.3, -0.25) is 14.6 Å². The molecule has 0 unspecified atom stereocenters. The van der Waals surface area contributed by atoms with Gasteiger partial charge < -0.3 is 0 Å². The topological polar surface area (TPSA) is 126 Å². The molecule has 2 heterocycles. The summed E-state index contributed by atoms with van der Waals surface area (Å²) >= 11 is 12.7. The Balaban J connectivity index is 2.05. The van der Waals surface area contributed by atoms with E-state index in [1.807, 2.05) is 4.98 Å². The first-order valence-corrected chi connectivity index (χ1v) is 8.78. The van der Waals surface area contributed by atoms with Gasteiger partial charge in [0.25, 0.3) is 11.1 Å². The molecule has 3 aromatic rings. The average molecular weight is 419 g/mol. The van der Waals surface area contributed by atoms with E-state index in [9.17, 15) is 14.4 Å². The second-order valence-electron chi connectivity index (χ2n) is 5.67. The molecule has 0 aliphatic heterocycles. The Morgan fingerprint density at radius 1 is 1.14 bits per heavy atom. The SMILES string of the molecule is CCn1nc(Cc2c(Cl)cc(-n3nc(C#N)c(=O)[nH]c3=O)cc2Cl)ccc1=O. The van der Waals surface area contributed by atoms with Crippen LogP contribution in [0.25, 0.3) is 5.69 Å². The lowest BCUT2D eigenvalue weighted by Gasteiger charge is -2.11. The highest BCUT2D eigenvalue weighted by atomic mass is 35.5. The number of aromatic nitrogens is 5. The predicted octanol–water partition coefficient (Wildman–Crippen LogP) is 1.27. The number of hydrogen-bond donors (Lipinski definition) is 1. The molecule has 1 aromatic carbocycles. The zero-order chi connectivity index (χ0) is 20.4. The van der Waals surface area contributed by atoms with Crippen molar-refractivity contribution in [1.29, 1.82) is 5.26 Å². The number of benzene rings is 1. The molecule has 28 heavy (non-hydrogen) atoms. The number of aryl methyl sites for hydroxylation is 1. The molecule has 0 saturated heterocycles.